The Bertz CT molecular complexity index is 1510. The number of rotatable bonds is 4. The van der Waals surface area contributed by atoms with E-state index < -0.39 is 21.9 Å². The van der Waals surface area contributed by atoms with E-state index in [2.05, 4.69) is 9.97 Å². The van der Waals surface area contributed by atoms with Crippen molar-refractivity contribution in [1.82, 2.24) is 18.8 Å². The first-order valence-electron chi connectivity index (χ1n) is 10.9. The Morgan fingerprint density at radius 2 is 1.77 bits per heavy atom. The number of nitrogens with zero attached hydrogens (tertiary/aromatic N) is 5. The third-order valence-corrected chi connectivity index (χ3v) is 7.85. The highest BCUT2D eigenvalue weighted by atomic mass is 32.2. The van der Waals surface area contributed by atoms with Crippen molar-refractivity contribution in [2.45, 2.75) is 17.9 Å². The third kappa shape index (κ3) is 3.97. The molecule has 0 radical (unpaired) electrons. The smallest absolute Gasteiger partial charge is 0.407 e. The van der Waals surface area contributed by atoms with Crippen molar-refractivity contribution in [3.8, 4) is 11.3 Å². The molecule has 1 amide bonds. The molecule has 2 aromatic carbocycles. The van der Waals surface area contributed by atoms with Gasteiger partial charge in [-0.15, -0.1) is 0 Å². The van der Waals surface area contributed by atoms with Crippen molar-refractivity contribution in [2.75, 3.05) is 24.5 Å². The summed E-state index contributed by atoms with van der Waals surface area (Å²) in [4.78, 5) is 23.6. The fourth-order valence-electron chi connectivity index (χ4n) is 4.43. The van der Waals surface area contributed by atoms with Gasteiger partial charge < -0.3 is 14.9 Å². The largest absolute Gasteiger partial charge is 0.465 e. The molecule has 1 atom stereocenters. The first-order chi connectivity index (χ1) is 16.8. The van der Waals surface area contributed by atoms with Crippen molar-refractivity contribution in [3.63, 3.8) is 0 Å². The highest BCUT2D eigenvalue weighted by Gasteiger charge is 2.31. The molecule has 3 heterocycles. The molecule has 0 unspecified atom stereocenters. The standard InChI is InChI=1S/C24H22FN5O4S/c1-16-14-28(11-12-29(16)24(31)32)22-20-13-21(17-7-9-18(25)10-8-17)30(23(20)27-15-26-22)35(33,34)19-5-3-2-4-6-19/h2-10,13,15-16H,11-12,14H2,1H3,(H,31,32)/t16-/m1/s1. The number of anilines is 1. The van der Waals surface area contributed by atoms with Crippen molar-refractivity contribution in [1.29, 1.82) is 0 Å². The quantitative estimate of drug-likeness (QED) is 0.460. The lowest BCUT2D eigenvalue weighted by atomic mass is 10.1. The Kier molecular flexibility index (Phi) is 5.64. The van der Waals surface area contributed by atoms with E-state index in [-0.39, 0.29) is 23.1 Å². The van der Waals surface area contributed by atoms with Crippen LogP contribution in [0.15, 0.2) is 71.9 Å². The second kappa shape index (κ2) is 8.66. The van der Waals surface area contributed by atoms with Crippen LogP contribution in [0.4, 0.5) is 15.0 Å². The van der Waals surface area contributed by atoms with Crippen LogP contribution in [0.2, 0.25) is 0 Å². The number of piperazine rings is 1. The van der Waals surface area contributed by atoms with E-state index in [9.17, 15) is 22.7 Å². The summed E-state index contributed by atoms with van der Waals surface area (Å²) in [5.74, 6) is 0.0744. The summed E-state index contributed by atoms with van der Waals surface area (Å²) >= 11 is 0. The van der Waals surface area contributed by atoms with Gasteiger partial charge in [-0.05, 0) is 55.0 Å². The predicted molar refractivity (Wildman–Crippen MR) is 128 cm³/mol. The Morgan fingerprint density at radius 3 is 2.43 bits per heavy atom. The lowest BCUT2D eigenvalue weighted by molar-refractivity contribution is 0.122. The van der Waals surface area contributed by atoms with Crippen LogP contribution in [0.3, 0.4) is 0 Å². The van der Waals surface area contributed by atoms with Crippen molar-refractivity contribution in [2.24, 2.45) is 0 Å². The van der Waals surface area contributed by atoms with Gasteiger partial charge in [-0.2, -0.15) is 0 Å². The average Bonchev–Trinajstić information content (AvgIpc) is 3.25. The number of hydrogen-bond donors (Lipinski definition) is 1. The molecule has 1 N–H and O–H groups in total. The van der Waals surface area contributed by atoms with E-state index in [0.717, 1.165) is 3.97 Å². The number of aromatic nitrogens is 3. The van der Waals surface area contributed by atoms with Crippen LogP contribution < -0.4 is 4.90 Å². The predicted octanol–water partition coefficient (Wildman–Crippen LogP) is 3.66. The molecule has 0 spiro atoms. The summed E-state index contributed by atoms with van der Waals surface area (Å²) in [7, 11) is -4.06. The summed E-state index contributed by atoms with van der Waals surface area (Å²) in [6.07, 6.45) is 0.320. The molecule has 5 rings (SSSR count). The molecule has 1 saturated heterocycles. The maximum absolute atomic E-state index is 13.8. The Labute approximate surface area is 201 Å². The SMILES string of the molecule is C[C@@H]1CN(c2ncnc3c2cc(-c2ccc(F)cc2)n3S(=O)(=O)c2ccccc2)CCN1C(=O)O. The number of carbonyl (C=O) groups is 1. The van der Waals surface area contributed by atoms with Crippen LogP contribution in [-0.4, -0.2) is 64.1 Å². The van der Waals surface area contributed by atoms with Crippen LogP contribution in [-0.2, 0) is 10.0 Å². The summed E-state index contributed by atoms with van der Waals surface area (Å²) in [5.41, 5.74) is 1.01. The first kappa shape index (κ1) is 22.8. The normalized spacial score (nSPS) is 16.6. The van der Waals surface area contributed by atoms with Gasteiger partial charge in [-0.25, -0.2) is 31.5 Å². The third-order valence-electron chi connectivity index (χ3n) is 6.13. The zero-order valence-electron chi connectivity index (χ0n) is 18.7. The zero-order chi connectivity index (χ0) is 24.7. The second-order valence-corrected chi connectivity index (χ2v) is 10.1. The maximum Gasteiger partial charge on any atom is 0.407 e. The summed E-state index contributed by atoms with van der Waals surface area (Å²) in [6, 6.07) is 15.0. The minimum atomic E-state index is -4.06. The number of halogens is 1. The molecular formula is C24H22FN5O4S. The highest BCUT2D eigenvalue weighted by Crippen LogP contribution is 2.35. The van der Waals surface area contributed by atoms with E-state index in [1.54, 1.807) is 24.3 Å². The lowest BCUT2D eigenvalue weighted by Gasteiger charge is -2.38. The number of benzene rings is 2. The van der Waals surface area contributed by atoms with Gasteiger partial charge in [0, 0.05) is 25.7 Å². The number of fused-ring (bicyclic) bond motifs is 1. The molecule has 1 fully saturated rings. The average molecular weight is 496 g/mol. The van der Waals surface area contributed by atoms with Gasteiger partial charge in [-0.3, -0.25) is 0 Å². The minimum Gasteiger partial charge on any atom is -0.465 e. The van der Waals surface area contributed by atoms with Gasteiger partial charge in [0.15, 0.2) is 5.65 Å². The van der Waals surface area contributed by atoms with Gasteiger partial charge in [0.1, 0.15) is 18.0 Å². The summed E-state index contributed by atoms with van der Waals surface area (Å²) < 4.78 is 42.3. The topological polar surface area (TPSA) is 109 Å². The second-order valence-electron chi connectivity index (χ2n) is 8.32. The van der Waals surface area contributed by atoms with Crippen LogP contribution in [0.5, 0.6) is 0 Å². The molecular weight excluding hydrogens is 473 g/mol. The van der Waals surface area contributed by atoms with E-state index >= 15 is 0 Å². The molecule has 1 aliphatic rings. The number of hydrogen-bond acceptors (Lipinski definition) is 6. The van der Waals surface area contributed by atoms with Crippen LogP contribution in [0.25, 0.3) is 22.3 Å². The van der Waals surface area contributed by atoms with E-state index in [1.807, 2.05) is 11.8 Å². The number of carboxylic acid groups (broad SMARTS) is 1. The molecule has 0 aliphatic carbocycles. The minimum absolute atomic E-state index is 0.0877. The molecule has 11 heteroatoms. The van der Waals surface area contributed by atoms with E-state index in [0.29, 0.717) is 35.6 Å². The van der Waals surface area contributed by atoms with Crippen molar-refractivity contribution >= 4 is 33.0 Å². The monoisotopic (exact) mass is 495 g/mol. The van der Waals surface area contributed by atoms with Crippen LogP contribution in [0, 0.1) is 5.82 Å². The number of amides is 1. The van der Waals surface area contributed by atoms with E-state index in [4.69, 9.17) is 0 Å². The fourth-order valence-corrected chi connectivity index (χ4v) is 5.93. The first-order valence-corrected chi connectivity index (χ1v) is 12.4. The van der Waals surface area contributed by atoms with Crippen molar-refractivity contribution < 1.29 is 22.7 Å². The molecule has 35 heavy (non-hydrogen) atoms. The molecule has 0 saturated carbocycles. The van der Waals surface area contributed by atoms with Gasteiger partial charge in [0.2, 0.25) is 0 Å². The van der Waals surface area contributed by atoms with Gasteiger partial charge >= 0.3 is 6.09 Å². The van der Waals surface area contributed by atoms with Gasteiger partial charge in [0.05, 0.1) is 16.0 Å². The van der Waals surface area contributed by atoms with E-state index in [1.165, 1.54) is 47.6 Å². The fraction of sp³-hybridized carbons (Fsp3) is 0.208. The molecule has 1 aliphatic heterocycles. The molecule has 0 bridgehead atoms. The molecule has 9 nitrogen and oxygen atoms in total. The van der Waals surface area contributed by atoms with Gasteiger partial charge in [0.25, 0.3) is 10.0 Å². The van der Waals surface area contributed by atoms with Gasteiger partial charge in [-0.1, -0.05) is 18.2 Å². The Morgan fingerprint density at radius 1 is 1.06 bits per heavy atom. The maximum atomic E-state index is 13.8. The summed E-state index contributed by atoms with van der Waals surface area (Å²) in [5, 5.41) is 9.91. The van der Waals surface area contributed by atoms with Crippen molar-refractivity contribution in [3.05, 3.63) is 72.8 Å². The highest BCUT2D eigenvalue weighted by molar-refractivity contribution is 7.90. The molecule has 4 aromatic rings. The Hall–Kier alpha value is -3.99. The summed E-state index contributed by atoms with van der Waals surface area (Å²) in [6.45, 7) is 2.88. The van der Waals surface area contributed by atoms with Crippen LogP contribution in [0.1, 0.15) is 6.92 Å². The zero-order valence-corrected chi connectivity index (χ0v) is 19.6. The molecule has 180 valence electrons. The lowest BCUT2D eigenvalue weighted by Crippen LogP contribution is -2.54. The Balaban J connectivity index is 1.71. The molecule has 2 aromatic heterocycles. The van der Waals surface area contributed by atoms with Crippen LogP contribution >= 0.6 is 0 Å².